The lowest BCUT2D eigenvalue weighted by molar-refractivity contribution is 0.112. The van der Waals surface area contributed by atoms with Gasteiger partial charge in [0.25, 0.3) is 0 Å². The highest BCUT2D eigenvalue weighted by molar-refractivity contribution is 7.14. The molecule has 54 valence electrons. The standard InChI is InChI=1S/C7H7ClOS/c1-2-5-3-6(8)7(4-9)10-5/h3-4H,2H2,1H3. The summed E-state index contributed by atoms with van der Waals surface area (Å²) < 4.78 is 0. The van der Waals surface area contributed by atoms with Crippen LogP contribution in [0.5, 0.6) is 0 Å². The molecule has 0 radical (unpaired) electrons. The molecule has 0 aliphatic carbocycles. The molecule has 0 N–H and O–H groups in total. The summed E-state index contributed by atoms with van der Waals surface area (Å²) in [7, 11) is 0. The van der Waals surface area contributed by atoms with E-state index in [0.29, 0.717) is 9.90 Å². The molecule has 0 spiro atoms. The van der Waals surface area contributed by atoms with Crippen LogP contribution >= 0.6 is 22.9 Å². The molecule has 0 atom stereocenters. The molecule has 1 aromatic heterocycles. The van der Waals surface area contributed by atoms with Crippen LogP contribution in [0.4, 0.5) is 0 Å². The van der Waals surface area contributed by atoms with Crippen LogP contribution in [-0.4, -0.2) is 6.29 Å². The molecule has 0 unspecified atom stereocenters. The smallest absolute Gasteiger partial charge is 0.161 e. The van der Waals surface area contributed by atoms with Gasteiger partial charge in [-0.15, -0.1) is 11.3 Å². The Hall–Kier alpha value is -0.340. The zero-order chi connectivity index (χ0) is 7.56. The Kier molecular flexibility index (Phi) is 2.46. The van der Waals surface area contributed by atoms with E-state index in [1.54, 1.807) is 0 Å². The molecular formula is C7H7ClOS. The summed E-state index contributed by atoms with van der Waals surface area (Å²) in [5, 5.41) is 0.580. The van der Waals surface area contributed by atoms with Gasteiger partial charge >= 0.3 is 0 Å². The highest BCUT2D eigenvalue weighted by atomic mass is 35.5. The van der Waals surface area contributed by atoms with Gasteiger partial charge in [0, 0.05) is 4.88 Å². The van der Waals surface area contributed by atoms with Crippen LogP contribution in [-0.2, 0) is 6.42 Å². The van der Waals surface area contributed by atoms with Crippen LogP contribution in [0.15, 0.2) is 6.07 Å². The number of halogens is 1. The van der Waals surface area contributed by atoms with Gasteiger partial charge in [-0.1, -0.05) is 18.5 Å². The van der Waals surface area contributed by atoms with Crippen LogP contribution in [0, 0.1) is 0 Å². The summed E-state index contributed by atoms with van der Waals surface area (Å²) in [6.45, 7) is 2.04. The highest BCUT2D eigenvalue weighted by Gasteiger charge is 2.03. The second kappa shape index (κ2) is 3.17. The predicted molar refractivity (Wildman–Crippen MR) is 44.1 cm³/mol. The fourth-order valence-electron chi connectivity index (χ4n) is 0.686. The lowest BCUT2D eigenvalue weighted by atomic mass is 10.4. The third-order valence-corrected chi connectivity index (χ3v) is 2.85. The summed E-state index contributed by atoms with van der Waals surface area (Å²) in [5.74, 6) is 0. The van der Waals surface area contributed by atoms with Crippen molar-refractivity contribution in [3.05, 3.63) is 20.8 Å². The average Bonchev–Trinajstić information content (AvgIpc) is 2.30. The second-order valence-corrected chi connectivity index (χ2v) is 3.47. The topological polar surface area (TPSA) is 17.1 Å². The molecule has 0 saturated heterocycles. The van der Waals surface area contributed by atoms with Crippen LogP contribution in [0.2, 0.25) is 5.02 Å². The summed E-state index contributed by atoms with van der Waals surface area (Å²) in [5.41, 5.74) is 0. The Bertz CT molecular complexity index is 242. The Balaban J connectivity index is 3.03. The number of aryl methyl sites for hydroxylation is 1. The van der Waals surface area contributed by atoms with E-state index in [1.165, 1.54) is 11.3 Å². The lowest BCUT2D eigenvalue weighted by Gasteiger charge is -1.79. The maximum Gasteiger partial charge on any atom is 0.161 e. The van der Waals surface area contributed by atoms with Crippen molar-refractivity contribution < 1.29 is 4.79 Å². The van der Waals surface area contributed by atoms with Gasteiger partial charge in [0.2, 0.25) is 0 Å². The van der Waals surface area contributed by atoms with E-state index < -0.39 is 0 Å². The fraction of sp³-hybridized carbons (Fsp3) is 0.286. The van der Waals surface area contributed by atoms with Crippen LogP contribution in [0.25, 0.3) is 0 Å². The molecule has 0 saturated carbocycles. The Morgan fingerprint density at radius 3 is 2.80 bits per heavy atom. The number of rotatable bonds is 2. The Morgan fingerprint density at radius 2 is 2.50 bits per heavy atom. The SMILES string of the molecule is CCc1cc(Cl)c(C=O)s1. The molecule has 10 heavy (non-hydrogen) atoms. The number of carbonyl (C=O) groups excluding carboxylic acids is 1. The first-order valence-corrected chi connectivity index (χ1v) is 4.20. The van der Waals surface area contributed by atoms with Gasteiger partial charge in [0.05, 0.1) is 9.90 Å². The molecule has 0 amide bonds. The molecule has 1 rings (SSSR count). The zero-order valence-corrected chi connectivity index (χ0v) is 7.13. The summed E-state index contributed by atoms with van der Waals surface area (Å²) >= 11 is 7.16. The third-order valence-electron chi connectivity index (χ3n) is 1.22. The number of carbonyl (C=O) groups is 1. The Morgan fingerprint density at radius 1 is 1.80 bits per heavy atom. The molecule has 0 aliphatic rings. The van der Waals surface area contributed by atoms with Crippen molar-refractivity contribution >= 4 is 29.2 Å². The largest absolute Gasteiger partial charge is 0.297 e. The third kappa shape index (κ3) is 1.39. The van der Waals surface area contributed by atoms with Crippen molar-refractivity contribution in [2.75, 3.05) is 0 Å². The molecule has 0 aliphatic heterocycles. The fourth-order valence-corrected chi connectivity index (χ4v) is 1.85. The van der Waals surface area contributed by atoms with E-state index >= 15 is 0 Å². The van der Waals surface area contributed by atoms with Gasteiger partial charge in [0.15, 0.2) is 6.29 Å². The van der Waals surface area contributed by atoms with E-state index in [2.05, 4.69) is 0 Å². The molecule has 0 aromatic carbocycles. The van der Waals surface area contributed by atoms with Crippen molar-refractivity contribution in [1.29, 1.82) is 0 Å². The van der Waals surface area contributed by atoms with Crippen LogP contribution in [0.3, 0.4) is 0 Å². The number of aldehydes is 1. The first-order valence-electron chi connectivity index (χ1n) is 3.01. The Labute approximate surface area is 68.6 Å². The van der Waals surface area contributed by atoms with Gasteiger partial charge in [-0.25, -0.2) is 0 Å². The van der Waals surface area contributed by atoms with E-state index in [9.17, 15) is 4.79 Å². The van der Waals surface area contributed by atoms with E-state index in [4.69, 9.17) is 11.6 Å². The van der Waals surface area contributed by atoms with E-state index in [-0.39, 0.29) is 0 Å². The van der Waals surface area contributed by atoms with Crippen LogP contribution in [0.1, 0.15) is 21.5 Å². The van der Waals surface area contributed by atoms with Gasteiger partial charge in [0.1, 0.15) is 0 Å². The zero-order valence-electron chi connectivity index (χ0n) is 5.56. The molecule has 1 aromatic rings. The normalized spacial score (nSPS) is 9.80. The molecular weight excluding hydrogens is 168 g/mol. The minimum atomic E-state index is 0.580. The minimum absolute atomic E-state index is 0.580. The van der Waals surface area contributed by atoms with Crippen molar-refractivity contribution in [2.45, 2.75) is 13.3 Å². The predicted octanol–water partition coefficient (Wildman–Crippen LogP) is 2.78. The van der Waals surface area contributed by atoms with Gasteiger partial charge < -0.3 is 0 Å². The monoisotopic (exact) mass is 174 g/mol. The van der Waals surface area contributed by atoms with Gasteiger partial charge in [-0.2, -0.15) is 0 Å². The maximum absolute atomic E-state index is 10.3. The van der Waals surface area contributed by atoms with Gasteiger partial charge in [-0.05, 0) is 12.5 Å². The highest BCUT2D eigenvalue weighted by Crippen LogP contribution is 2.25. The molecule has 1 heterocycles. The molecule has 1 nitrogen and oxygen atoms in total. The number of hydrogen-bond acceptors (Lipinski definition) is 2. The maximum atomic E-state index is 10.3. The minimum Gasteiger partial charge on any atom is -0.297 e. The number of hydrogen-bond donors (Lipinski definition) is 0. The van der Waals surface area contributed by atoms with E-state index in [1.807, 2.05) is 13.0 Å². The quantitative estimate of drug-likeness (QED) is 0.631. The van der Waals surface area contributed by atoms with Crippen molar-refractivity contribution in [2.24, 2.45) is 0 Å². The summed E-state index contributed by atoms with van der Waals surface area (Å²) in [6, 6.07) is 1.84. The van der Waals surface area contributed by atoms with Crippen molar-refractivity contribution in [3.8, 4) is 0 Å². The molecule has 0 bridgehead atoms. The molecule has 3 heteroatoms. The second-order valence-electron chi connectivity index (χ2n) is 1.90. The first kappa shape index (κ1) is 7.76. The first-order chi connectivity index (χ1) is 4.77. The van der Waals surface area contributed by atoms with Crippen molar-refractivity contribution in [3.63, 3.8) is 0 Å². The lowest BCUT2D eigenvalue weighted by Crippen LogP contribution is -1.66. The average molecular weight is 175 g/mol. The van der Waals surface area contributed by atoms with Crippen LogP contribution < -0.4 is 0 Å². The summed E-state index contributed by atoms with van der Waals surface area (Å²) in [6.07, 6.45) is 1.74. The number of thiophene rings is 1. The summed E-state index contributed by atoms with van der Waals surface area (Å²) in [4.78, 5) is 12.1. The van der Waals surface area contributed by atoms with Gasteiger partial charge in [-0.3, -0.25) is 4.79 Å². The molecule has 0 fully saturated rings. The van der Waals surface area contributed by atoms with E-state index in [0.717, 1.165) is 17.6 Å². The van der Waals surface area contributed by atoms with Crippen molar-refractivity contribution in [1.82, 2.24) is 0 Å².